The largest absolute Gasteiger partial charge is 0.497 e. The minimum atomic E-state index is 0.858. The van der Waals surface area contributed by atoms with Gasteiger partial charge < -0.3 is 15.0 Å². The molecule has 2 aromatic rings. The van der Waals surface area contributed by atoms with Gasteiger partial charge in [-0.05, 0) is 42.9 Å². The minimum Gasteiger partial charge on any atom is -0.497 e. The van der Waals surface area contributed by atoms with Gasteiger partial charge in [-0.15, -0.1) is 0 Å². The van der Waals surface area contributed by atoms with Crippen LogP contribution < -0.4 is 15.0 Å². The summed E-state index contributed by atoms with van der Waals surface area (Å²) in [5.74, 6) is 0.876. The summed E-state index contributed by atoms with van der Waals surface area (Å²) in [6.07, 6.45) is 0. The van der Waals surface area contributed by atoms with Gasteiger partial charge >= 0.3 is 0 Å². The van der Waals surface area contributed by atoms with E-state index in [0.29, 0.717) is 0 Å². The predicted octanol–water partition coefficient (Wildman–Crippen LogP) is 3.18. The molecule has 0 unspecified atom stereocenters. The number of rotatable bonds is 5. The summed E-state index contributed by atoms with van der Waals surface area (Å²) in [5, 5.41) is 3.20. The smallest absolute Gasteiger partial charge is 0.119 e. The van der Waals surface area contributed by atoms with E-state index in [9.17, 15) is 0 Å². The molecule has 1 N–H and O–H groups in total. The van der Waals surface area contributed by atoms with Crippen LogP contribution in [0.15, 0.2) is 48.5 Å². The zero-order valence-corrected chi connectivity index (χ0v) is 11.7. The molecule has 0 aliphatic rings. The van der Waals surface area contributed by atoms with E-state index < -0.39 is 0 Å². The molecule has 0 amide bonds. The summed E-state index contributed by atoms with van der Waals surface area (Å²) in [5.41, 5.74) is 3.63. The Kier molecular flexibility index (Phi) is 4.42. The van der Waals surface area contributed by atoms with Gasteiger partial charge in [0.05, 0.1) is 7.11 Å². The van der Waals surface area contributed by atoms with Crippen LogP contribution in [0.3, 0.4) is 0 Å². The molecule has 3 nitrogen and oxygen atoms in total. The Morgan fingerprint density at radius 2 is 1.74 bits per heavy atom. The first-order valence-electron chi connectivity index (χ1n) is 6.36. The molecule has 2 rings (SSSR count). The molecule has 0 fully saturated rings. The second-order valence-electron chi connectivity index (χ2n) is 4.42. The van der Waals surface area contributed by atoms with E-state index in [4.69, 9.17) is 4.74 Å². The molecule has 0 atom stereocenters. The molecule has 0 aliphatic heterocycles. The first kappa shape index (κ1) is 13.4. The summed E-state index contributed by atoms with van der Waals surface area (Å²) in [4.78, 5) is 2.19. The Bertz CT molecular complexity index is 523. The van der Waals surface area contributed by atoms with Crippen molar-refractivity contribution in [2.75, 3.05) is 26.1 Å². The number of hydrogen-bond donors (Lipinski definition) is 1. The number of benzene rings is 2. The van der Waals surface area contributed by atoms with Crippen LogP contribution in [0.1, 0.15) is 5.56 Å². The number of para-hydroxylation sites is 1. The quantitative estimate of drug-likeness (QED) is 0.889. The zero-order valence-electron chi connectivity index (χ0n) is 11.7. The number of methoxy groups -OCH3 is 1. The van der Waals surface area contributed by atoms with Crippen LogP contribution in [0.2, 0.25) is 0 Å². The van der Waals surface area contributed by atoms with E-state index in [0.717, 1.165) is 18.0 Å². The van der Waals surface area contributed by atoms with Gasteiger partial charge in [-0.25, -0.2) is 0 Å². The molecular formula is C16H20N2O. The average Bonchev–Trinajstić information content (AvgIpc) is 2.47. The van der Waals surface area contributed by atoms with Crippen molar-refractivity contribution in [1.29, 1.82) is 0 Å². The summed E-state index contributed by atoms with van der Waals surface area (Å²) < 4.78 is 5.19. The molecule has 0 aromatic heterocycles. The van der Waals surface area contributed by atoms with Crippen LogP contribution in [0.4, 0.5) is 11.4 Å². The van der Waals surface area contributed by atoms with Crippen molar-refractivity contribution in [2.24, 2.45) is 0 Å². The minimum absolute atomic E-state index is 0.858. The van der Waals surface area contributed by atoms with E-state index in [1.165, 1.54) is 11.3 Å². The highest BCUT2D eigenvalue weighted by Crippen LogP contribution is 2.28. The molecule has 0 aliphatic carbocycles. The van der Waals surface area contributed by atoms with Crippen molar-refractivity contribution < 1.29 is 4.74 Å². The van der Waals surface area contributed by atoms with E-state index in [1.807, 2.05) is 19.2 Å². The number of hydrogen-bond acceptors (Lipinski definition) is 3. The molecule has 2 aromatic carbocycles. The molecular weight excluding hydrogens is 236 g/mol. The fourth-order valence-electron chi connectivity index (χ4n) is 2.12. The van der Waals surface area contributed by atoms with Crippen molar-refractivity contribution in [3.05, 3.63) is 54.1 Å². The molecule has 0 saturated heterocycles. The average molecular weight is 256 g/mol. The first-order chi connectivity index (χ1) is 9.26. The maximum atomic E-state index is 5.19. The van der Waals surface area contributed by atoms with Crippen LogP contribution in [0, 0.1) is 0 Å². The van der Waals surface area contributed by atoms with E-state index in [-0.39, 0.29) is 0 Å². The third-order valence-corrected chi connectivity index (χ3v) is 3.18. The van der Waals surface area contributed by atoms with Crippen LogP contribution in [0.5, 0.6) is 5.75 Å². The van der Waals surface area contributed by atoms with Crippen LogP contribution in [-0.4, -0.2) is 21.2 Å². The molecule has 0 spiro atoms. The lowest BCUT2D eigenvalue weighted by molar-refractivity contribution is 0.415. The van der Waals surface area contributed by atoms with Crippen molar-refractivity contribution in [1.82, 2.24) is 5.32 Å². The van der Waals surface area contributed by atoms with Gasteiger partial charge in [0.15, 0.2) is 0 Å². The first-order valence-corrected chi connectivity index (χ1v) is 6.36. The molecule has 100 valence electrons. The lowest BCUT2D eigenvalue weighted by Gasteiger charge is -2.22. The fourth-order valence-corrected chi connectivity index (χ4v) is 2.12. The van der Waals surface area contributed by atoms with Crippen LogP contribution in [-0.2, 0) is 6.54 Å². The van der Waals surface area contributed by atoms with Gasteiger partial charge in [0.2, 0.25) is 0 Å². The van der Waals surface area contributed by atoms with E-state index in [1.54, 1.807) is 7.11 Å². The SMILES string of the molecule is CNCc1ccccc1N(C)c1ccc(OC)cc1. The molecule has 0 bridgehead atoms. The van der Waals surface area contributed by atoms with E-state index in [2.05, 4.69) is 53.7 Å². The predicted molar refractivity (Wildman–Crippen MR) is 80.3 cm³/mol. The maximum absolute atomic E-state index is 5.19. The summed E-state index contributed by atoms with van der Waals surface area (Å²) in [6, 6.07) is 16.5. The Morgan fingerprint density at radius 3 is 2.37 bits per heavy atom. The number of ether oxygens (including phenoxy) is 1. The Hall–Kier alpha value is -2.00. The van der Waals surface area contributed by atoms with Crippen molar-refractivity contribution in [2.45, 2.75) is 6.54 Å². The third-order valence-electron chi connectivity index (χ3n) is 3.18. The molecule has 0 heterocycles. The summed E-state index contributed by atoms with van der Waals surface area (Å²) in [7, 11) is 5.72. The lowest BCUT2D eigenvalue weighted by atomic mass is 10.1. The topological polar surface area (TPSA) is 24.5 Å². The lowest BCUT2D eigenvalue weighted by Crippen LogP contribution is -2.14. The summed E-state index contributed by atoms with van der Waals surface area (Å²) in [6.45, 7) is 0.858. The number of nitrogens with zero attached hydrogens (tertiary/aromatic N) is 1. The molecule has 3 heteroatoms. The van der Waals surface area contributed by atoms with Gasteiger partial charge in [-0.3, -0.25) is 0 Å². The molecule has 0 saturated carbocycles. The van der Waals surface area contributed by atoms with Crippen LogP contribution >= 0.6 is 0 Å². The second-order valence-corrected chi connectivity index (χ2v) is 4.42. The molecule has 19 heavy (non-hydrogen) atoms. The van der Waals surface area contributed by atoms with Crippen molar-refractivity contribution >= 4 is 11.4 Å². The second kappa shape index (κ2) is 6.25. The Balaban J connectivity index is 2.29. The standard InChI is InChI=1S/C16H20N2O/c1-17-12-13-6-4-5-7-16(13)18(2)14-8-10-15(19-3)11-9-14/h4-11,17H,12H2,1-3H3. The van der Waals surface area contributed by atoms with Gasteiger partial charge in [-0.2, -0.15) is 0 Å². The highest BCUT2D eigenvalue weighted by Gasteiger charge is 2.08. The monoisotopic (exact) mass is 256 g/mol. The number of anilines is 2. The van der Waals surface area contributed by atoms with Gasteiger partial charge in [0.25, 0.3) is 0 Å². The third kappa shape index (κ3) is 3.06. The Morgan fingerprint density at radius 1 is 1.05 bits per heavy atom. The summed E-state index contributed by atoms with van der Waals surface area (Å²) >= 11 is 0. The van der Waals surface area contributed by atoms with Crippen LogP contribution in [0.25, 0.3) is 0 Å². The van der Waals surface area contributed by atoms with Crippen molar-refractivity contribution in [3.8, 4) is 5.75 Å². The fraction of sp³-hybridized carbons (Fsp3) is 0.250. The normalized spacial score (nSPS) is 10.3. The van der Waals surface area contributed by atoms with E-state index >= 15 is 0 Å². The zero-order chi connectivity index (χ0) is 13.7. The Labute approximate surface area is 114 Å². The van der Waals surface area contributed by atoms with Gasteiger partial charge in [0.1, 0.15) is 5.75 Å². The molecule has 0 radical (unpaired) electrons. The van der Waals surface area contributed by atoms with Gasteiger partial charge in [0, 0.05) is 25.0 Å². The maximum Gasteiger partial charge on any atom is 0.119 e. The van der Waals surface area contributed by atoms with Crippen molar-refractivity contribution in [3.63, 3.8) is 0 Å². The number of nitrogens with one attached hydrogen (secondary N) is 1. The van der Waals surface area contributed by atoms with Gasteiger partial charge in [-0.1, -0.05) is 18.2 Å². The highest BCUT2D eigenvalue weighted by atomic mass is 16.5. The highest BCUT2D eigenvalue weighted by molar-refractivity contribution is 5.66.